The van der Waals surface area contributed by atoms with Crippen LogP contribution in [-0.2, 0) is 11.3 Å². The highest BCUT2D eigenvalue weighted by Crippen LogP contribution is 2.31. The molecule has 0 saturated heterocycles. The minimum Gasteiger partial charge on any atom is -0.464 e. The molecule has 0 aliphatic rings. The average Bonchev–Trinajstić information content (AvgIpc) is 3.28. The molecule has 0 unspecified atom stereocenters. The molecule has 1 amide bonds. The molecule has 0 saturated carbocycles. The first-order chi connectivity index (χ1) is 13.0. The molecule has 4 rings (SSSR count). The SMILES string of the molecule is Cc1nn(CC(=O)Nc2cccc(Cl)c2Cl)c2nccc(-c3ccco3)c12. The highest BCUT2D eigenvalue weighted by atomic mass is 35.5. The van der Waals surface area contributed by atoms with E-state index >= 15 is 0 Å². The summed E-state index contributed by atoms with van der Waals surface area (Å²) in [7, 11) is 0. The molecule has 0 spiro atoms. The lowest BCUT2D eigenvalue weighted by Gasteiger charge is -2.08. The van der Waals surface area contributed by atoms with Crippen LogP contribution in [0, 0.1) is 6.92 Å². The number of furan rings is 1. The highest BCUT2D eigenvalue weighted by molar-refractivity contribution is 6.43. The van der Waals surface area contributed by atoms with Gasteiger partial charge in [-0.05, 0) is 37.3 Å². The monoisotopic (exact) mass is 400 g/mol. The first-order valence-corrected chi connectivity index (χ1v) is 8.90. The summed E-state index contributed by atoms with van der Waals surface area (Å²) in [5.74, 6) is 0.439. The van der Waals surface area contributed by atoms with Crippen LogP contribution in [-0.4, -0.2) is 20.7 Å². The Balaban J connectivity index is 1.66. The first kappa shape index (κ1) is 17.6. The zero-order chi connectivity index (χ0) is 19.0. The minimum absolute atomic E-state index is 0.0121. The predicted octanol–water partition coefficient (Wildman–Crippen LogP) is 4.95. The fourth-order valence-corrected chi connectivity index (χ4v) is 3.30. The van der Waals surface area contributed by atoms with E-state index in [2.05, 4.69) is 15.4 Å². The number of hydrogen-bond acceptors (Lipinski definition) is 4. The second-order valence-corrected chi connectivity index (χ2v) is 6.71. The van der Waals surface area contributed by atoms with Crippen LogP contribution in [0.5, 0.6) is 0 Å². The maximum atomic E-state index is 12.5. The molecule has 0 fully saturated rings. The molecular formula is C19H14Cl2N4O2. The number of nitrogens with zero attached hydrogens (tertiary/aromatic N) is 3. The molecule has 1 aromatic carbocycles. The van der Waals surface area contributed by atoms with E-state index in [4.69, 9.17) is 27.6 Å². The van der Waals surface area contributed by atoms with Crippen LogP contribution in [0.15, 0.2) is 53.3 Å². The molecule has 3 heterocycles. The maximum absolute atomic E-state index is 12.5. The van der Waals surface area contributed by atoms with Crippen LogP contribution in [0.1, 0.15) is 5.69 Å². The van der Waals surface area contributed by atoms with E-state index in [1.54, 1.807) is 35.3 Å². The van der Waals surface area contributed by atoms with E-state index in [-0.39, 0.29) is 12.5 Å². The predicted molar refractivity (Wildman–Crippen MR) is 105 cm³/mol. The Hall–Kier alpha value is -2.83. The number of carbonyl (C=O) groups excluding carboxylic acids is 1. The summed E-state index contributed by atoms with van der Waals surface area (Å²) in [5.41, 5.74) is 2.70. The summed E-state index contributed by atoms with van der Waals surface area (Å²) in [5, 5.41) is 8.75. The van der Waals surface area contributed by atoms with E-state index in [9.17, 15) is 4.79 Å². The minimum atomic E-state index is -0.284. The molecule has 0 aliphatic heterocycles. The van der Waals surface area contributed by atoms with Gasteiger partial charge in [0.15, 0.2) is 5.65 Å². The number of benzene rings is 1. The van der Waals surface area contributed by atoms with E-state index in [1.165, 1.54) is 0 Å². The summed E-state index contributed by atoms with van der Waals surface area (Å²) in [6, 6.07) is 10.6. The number of hydrogen-bond donors (Lipinski definition) is 1. The molecule has 6 nitrogen and oxygen atoms in total. The number of anilines is 1. The summed E-state index contributed by atoms with van der Waals surface area (Å²) < 4.78 is 7.07. The Bertz CT molecular complexity index is 1140. The molecule has 8 heteroatoms. The average molecular weight is 401 g/mol. The molecule has 27 heavy (non-hydrogen) atoms. The molecule has 0 aliphatic carbocycles. The highest BCUT2D eigenvalue weighted by Gasteiger charge is 2.17. The number of aromatic nitrogens is 3. The van der Waals surface area contributed by atoms with Gasteiger partial charge in [-0.2, -0.15) is 5.10 Å². The van der Waals surface area contributed by atoms with Crippen molar-refractivity contribution in [1.82, 2.24) is 14.8 Å². The zero-order valence-corrected chi connectivity index (χ0v) is 15.8. The van der Waals surface area contributed by atoms with Crippen LogP contribution in [0.4, 0.5) is 5.69 Å². The van der Waals surface area contributed by atoms with Crippen molar-refractivity contribution in [3.63, 3.8) is 0 Å². The summed E-state index contributed by atoms with van der Waals surface area (Å²) >= 11 is 12.1. The van der Waals surface area contributed by atoms with Gasteiger partial charge in [-0.3, -0.25) is 4.79 Å². The van der Waals surface area contributed by atoms with Crippen molar-refractivity contribution in [3.8, 4) is 11.3 Å². The third-order valence-electron chi connectivity index (χ3n) is 4.11. The topological polar surface area (TPSA) is 73.0 Å². The van der Waals surface area contributed by atoms with Gasteiger partial charge in [0, 0.05) is 11.8 Å². The number of carbonyl (C=O) groups is 1. The molecule has 0 bridgehead atoms. The van der Waals surface area contributed by atoms with Crippen LogP contribution in [0.25, 0.3) is 22.4 Å². The van der Waals surface area contributed by atoms with Crippen molar-refractivity contribution in [2.45, 2.75) is 13.5 Å². The third kappa shape index (κ3) is 3.29. The maximum Gasteiger partial charge on any atom is 0.246 e. The second kappa shape index (κ2) is 7.06. The second-order valence-electron chi connectivity index (χ2n) is 5.93. The molecule has 4 aromatic rings. The number of amides is 1. The molecule has 3 aromatic heterocycles. The normalized spacial score (nSPS) is 11.1. The smallest absolute Gasteiger partial charge is 0.246 e. The molecule has 1 N–H and O–H groups in total. The number of pyridine rings is 1. The van der Waals surface area contributed by atoms with Gasteiger partial charge < -0.3 is 9.73 Å². The van der Waals surface area contributed by atoms with Crippen molar-refractivity contribution in [2.24, 2.45) is 0 Å². The Kier molecular flexibility index (Phi) is 4.59. The van der Waals surface area contributed by atoms with Crippen molar-refractivity contribution in [2.75, 3.05) is 5.32 Å². The van der Waals surface area contributed by atoms with Crippen molar-refractivity contribution < 1.29 is 9.21 Å². The van der Waals surface area contributed by atoms with Crippen molar-refractivity contribution in [3.05, 3.63) is 64.6 Å². The Labute approximate surface area is 164 Å². The van der Waals surface area contributed by atoms with E-state index in [1.807, 2.05) is 25.1 Å². The van der Waals surface area contributed by atoms with Crippen LogP contribution in [0.2, 0.25) is 10.0 Å². The number of halogens is 2. The van der Waals surface area contributed by atoms with Crippen LogP contribution < -0.4 is 5.32 Å². The van der Waals surface area contributed by atoms with Gasteiger partial charge in [0.1, 0.15) is 12.3 Å². The van der Waals surface area contributed by atoms with Crippen molar-refractivity contribution >= 4 is 45.8 Å². The zero-order valence-electron chi connectivity index (χ0n) is 14.2. The van der Waals surface area contributed by atoms with Gasteiger partial charge >= 0.3 is 0 Å². The van der Waals surface area contributed by atoms with Gasteiger partial charge in [-0.25, -0.2) is 9.67 Å². The van der Waals surface area contributed by atoms with Gasteiger partial charge in [-0.15, -0.1) is 0 Å². The van der Waals surface area contributed by atoms with Gasteiger partial charge in [0.2, 0.25) is 5.91 Å². The third-order valence-corrected chi connectivity index (χ3v) is 4.93. The number of rotatable bonds is 4. The van der Waals surface area contributed by atoms with E-state index in [0.29, 0.717) is 21.4 Å². The molecule has 0 radical (unpaired) electrons. The van der Waals surface area contributed by atoms with Gasteiger partial charge in [0.05, 0.1) is 33.1 Å². The standard InChI is InChI=1S/C19H14Cl2N4O2/c1-11-17-12(15-6-3-9-27-15)7-8-22-19(17)25(24-11)10-16(26)23-14-5-2-4-13(20)18(14)21/h2-9H,10H2,1H3,(H,23,26). The van der Waals surface area contributed by atoms with E-state index in [0.717, 1.165) is 22.4 Å². The van der Waals surface area contributed by atoms with Gasteiger partial charge in [-0.1, -0.05) is 29.3 Å². The number of fused-ring (bicyclic) bond motifs is 1. The lowest BCUT2D eigenvalue weighted by atomic mass is 10.1. The van der Waals surface area contributed by atoms with Crippen molar-refractivity contribution in [1.29, 1.82) is 0 Å². The lowest BCUT2D eigenvalue weighted by molar-refractivity contribution is -0.116. The molecule has 136 valence electrons. The lowest BCUT2D eigenvalue weighted by Crippen LogP contribution is -2.20. The summed E-state index contributed by atoms with van der Waals surface area (Å²) in [6.07, 6.45) is 3.28. The summed E-state index contributed by atoms with van der Waals surface area (Å²) in [4.78, 5) is 16.9. The van der Waals surface area contributed by atoms with Crippen LogP contribution >= 0.6 is 23.2 Å². The largest absolute Gasteiger partial charge is 0.464 e. The number of aryl methyl sites for hydroxylation is 1. The van der Waals surface area contributed by atoms with Gasteiger partial charge in [0.25, 0.3) is 0 Å². The number of nitrogens with one attached hydrogen (secondary N) is 1. The Morgan fingerprint density at radius 2 is 2.07 bits per heavy atom. The van der Waals surface area contributed by atoms with E-state index < -0.39 is 0 Å². The quantitative estimate of drug-likeness (QED) is 0.526. The Morgan fingerprint density at radius 1 is 1.22 bits per heavy atom. The Morgan fingerprint density at radius 3 is 2.85 bits per heavy atom. The fourth-order valence-electron chi connectivity index (χ4n) is 2.96. The fraction of sp³-hybridized carbons (Fsp3) is 0.105. The first-order valence-electron chi connectivity index (χ1n) is 8.14. The van der Waals surface area contributed by atoms with Crippen LogP contribution in [0.3, 0.4) is 0 Å². The summed E-state index contributed by atoms with van der Waals surface area (Å²) in [6.45, 7) is 1.86. The molecular weight excluding hydrogens is 387 g/mol. The molecule has 0 atom stereocenters.